The van der Waals surface area contributed by atoms with Gasteiger partial charge >= 0.3 is 0 Å². The molecule has 3 rings (SSSR count). The van der Waals surface area contributed by atoms with Crippen LogP contribution in [0.3, 0.4) is 0 Å². The zero-order valence-electron chi connectivity index (χ0n) is 14.0. The van der Waals surface area contributed by atoms with Crippen LogP contribution in [0.5, 0.6) is 5.75 Å². The van der Waals surface area contributed by atoms with Gasteiger partial charge in [0.1, 0.15) is 5.75 Å². The van der Waals surface area contributed by atoms with E-state index >= 15 is 0 Å². The van der Waals surface area contributed by atoms with E-state index in [1.165, 1.54) is 6.92 Å². The van der Waals surface area contributed by atoms with E-state index < -0.39 is 0 Å². The van der Waals surface area contributed by atoms with Crippen molar-refractivity contribution in [3.8, 4) is 5.75 Å². The molecular formula is C19H22N2O3. The van der Waals surface area contributed by atoms with Gasteiger partial charge in [0.15, 0.2) is 0 Å². The van der Waals surface area contributed by atoms with E-state index in [1.807, 2.05) is 41.3 Å². The van der Waals surface area contributed by atoms with Gasteiger partial charge in [-0.25, -0.2) is 0 Å². The number of nitrogens with one attached hydrogen (secondary N) is 1. The second kappa shape index (κ2) is 6.91. The molecule has 2 aromatic carbocycles. The number of hydrogen-bond acceptors (Lipinski definition) is 3. The van der Waals surface area contributed by atoms with Crippen molar-refractivity contribution in [1.29, 1.82) is 0 Å². The predicted octanol–water partition coefficient (Wildman–Crippen LogP) is 2.59. The number of piperidine rings is 1. The molecule has 2 amide bonds. The van der Waals surface area contributed by atoms with Gasteiger partial charge in [-0.3, -0.25) is 9.59 Å². The molecule has 1 saturated heterocycles. The molecule has 0 aliphatic carbocycles. The Hall–Kier alpha value is -2.56. The topological polar surface area (TPSA) is 58.6 Å². The second-order valence-corrected chi connectivity index (χ2v) is 6.15. The van der Waals surface area contributed by atoms with E-state index in [9.17, 15) is 9.59 Å². The van der Waals surface area contributed by atoms with E-state index in [0.29, 0.717) is 12.1 Å². The fraction of sp³-hybridized carbons (Fsp3) is 0.368. The zero-order chi connectivity index (χ0) is 17.1. The van der Waals surface area contributed by atoms with Crippen molar-refractivity contribution in [1.82, 2.24) is 10.2 Å². The van der Waals surface area contributed by atoms with Crippen LogP contribution in [0, 0.1) is 0 Å². The number of ether oxygens (including phenoxy) is 1. The monoisotopic (exact) mass is 326 g/mol. The van der Waals surface area contributed by atoms with Crippen LogP contribution in [-0.2, 0) is 4.79 Å². The Morgan fingerprint density at radius 1 is 1.17 bits per heavy atom. The van der Waals surface area contributed by atoms with Crippen LogP contribution >= 0.6 is 0 Å². The normalized spacial score (nSPS) is 17.6. The fourth-order valence-corrected chi connectivity index (χ4v) is 3.37. The van der Waals surface area contributed by atoms with E-state index in [0.717, 1.165) is 35.9 Å². The van der Waals surface area contributed by atoms with Crippen LogP contribution in [-0.4, -0.2) is 43.0 Å². The van der Waals surface area contributed by atoms with Crippen molar-refractivity contribution >= 4 is 22.6 Å². The average Bonchev–Trinajstić information content (AvgIpc) is 2.60. The molecule has 1 heterocycles. The van der Waals surface area contributed by atoms with Crippen molar-refractivity contribution in [3.05, 3.63) is 42.0 Å². The molecule has 5 heteroatoms. The Balaban J connectivity index is 1.90. The third-order valence-corrected chi connectivity index (χ3v) is 4.45. The molecule has 1 aliphatic rings. The number of amides is 2. The summed E-state index contributed by atoms with van der Waals surface area (Å²) in [5.74, 6) is 0.713. The molecule has 0 radical (unpaired) electrons. The maximum absolute atomic E-state index is 13.0. The lowest BCUT2D eigenvalue weighted by Gasteiger charge is -2.33. The van der Waals surface area contributed by atoms with Crippen LogP contribution in [0.25, 0.3) is 10.8 Å². The Bertz CT molecular complexity index is 772. The van der Waals surface area contributed by atoms with E-state index in [1.54, 1.807) is 7.11 Å². The van der Waals surface area contributed by atoms with Gasteiger partial charge in [0.25, 0.3) is 5.91 Å². The lowest BCUT2D eigenvalue weighted by atomic mass is 10.00. The summed E-state index contributed by atoms with van der Waals surface area (Å²) in [5, 5.41) is 4.74. The molecule has 2 aromatic rings. The number of likely N-dealkylation sites (tertiary alicyclic amines) is 1. The van der Waals surface area contributed by atoms with Crippen LogP contribution in [0.15, 0.2) is 36.4 Å². The predicted molar refractivity (Wildman–Crippen MR) is 93.2 cm³/mol. The summed E-state index contributed by atoms with van der Waals surface area (Å²) < 4.78 is 5.40. The maximum Gasteiger partial charge on any atom is 0.254 e. The first kappa shape index (κ1) is 16.3. The molecule has 24 heavy (non-hydrogen) atoms. The number of methoxy groups -OCH3 is 1. The van der Waals surface area contributed by atoms with Crippen molar-refractivity contribution in [3.63, 3.8) is 0 Å². The minimum absolute atomic E-state index is 0.00362. The van der Waals surface area contributed by atoms with Crippen LogP contribution in [0.2, 0.25) is 0 Å². The van der Waals surface area contributed by atoms with Gasteiger partial charge in [-0.05, 0) is 30.4 Å². The summed E-state index contributed by atoms with van der Waals surface area (Å²) in [6, 6.07) is 11.5. The van der Waals surface area contributed by atoms with Crippen molar-refractivity contribution in [2.75, 3.05) is 20.2 Å². The summed E-state index contributed by atoms with van der Waals surface area (Å²) in [5.41, 5.74) is 0.676. The Labute approximate surface area is 141 Å². The minimum atomic E-state index is -0.0517. The van der Waals surface area contributed by atoms with Crippen molar-refractivity contribution in [2.24, 2.45) is 0 Å². The maximum atomic E-state index is 13.0. The lowest BCUT2D eigenvalue weighted by Crippen LogP contribution is -2.49. The van der Waals surface area contributed by atoms with Crippen LogP contribution in [0.4, 0.5) is 0 Å². The SMILES string of the molecule is COc1ccc(C(=O)N2CCCC(NC(C)=O)C2)c2ccccc12. The first-order valence-electron chi connectivity index (χ1n) is 8.22. The second-order valence-electron chi connectivity index (χ2n) is 6.15. The molecule has 0 saturated carbocycles. The molecule has 1 N–H and O–H groups in total. The highest BCUT2D eigenvalue weighted by atomic mass is 16.5. The number of fused-ring (bicyclic) bond motifs is 1. The van der Waals surface area contributed by atoms with E-state index in [2.05, 4.69) is 5.32 Å². The number of benzene rings is 2. The van der Waals surface area contributed by atoms with Gasteiger partial charge in [-0.2, -0.15) is 0 Å². The summed E-state index contributed by atoms with van der Waals surface area (Å²) in [7, 11) is 1.63. The number of carbonyl (C=O) groups is 2. The first-order valence-corrected chi connectivity index (χ1v) is 8.22. The third-order valence-electron chi connectivity index (χ3n) is 4.45. The van der Waals surface area contributed by atoms with Crippen molar-refractivity contribution in [2.45, 2.75) is 25.8 Å². The molecular weight excluding hydrogens is 304 g/mol. The highest BCUT2D eigenvalue weighted by Crippen LogP contribution is 2.29. The summed E-state index contributed by atoms with van der Waals surface area (Å²) >= 11 is 0. The first-order chi connectivity index (χ1) is 11.6. The van der Waals surface area contributed by atoms with Gasteiger partial charge in [-0.1, -0.05) is 24.3 Å². The molecule has 1 unspecified atom stereocenters. The lowest BCUT2D eigenvalue weighted by molar-refractivity contribution is -0.120. The van der Waals surface area contributed by atoms with E-state index in [-0.39, 0.29) is 17.9 Å². The number of nitrogens with zero attached hydrogens (tertiary/aromatic N) is 1. The average molecular weight is 326 g/mol. The summed E-state index contributed by atoms with van der Waals surface area (Å²) in [6.07, 6.45) is 1.80. The highest BCUT2D eigenvalue weighted by Gasteiger charge is 2.26. The van der Waals surface area contributed by atoms with Crippen LogP contribution < -0.4 is 10.1 Å². The molecule has 1 atom stereocenters. The molecule has 126 valence electrons. The van der Waals surface area contributed by atoms with Gasteiger partial charge in [0, 0.05) is 37.0 Å². The molecule has 0 spiro atoms. The Kier molecular flexibility index (Phi) is 4.69. The quantitative estimate of drug-likeness (QED) is 0.943. The molecule has 5 nitrogen and oxygen atoms in total. The van der Waals surface area contributed by atoms with Crippen molar-refractivity contribution < 1.29 is 14.3 Å². The molecule has 0 bridgehead atoms. The Morgan fingerprint density at radius 2 is 1.92 bits per heavy atom. The van der Waals surface area contributed by atoms with Gasteiger partial charge in [-0.15, -0.1) is 0 Å². The molecule has 1 aliphatic heterocycles. The number of carbonyl (C=O) groups excluding carboxylic acids is 2. The standard InChI is InChI=1S/C19H22N2O3/c1-13(22)20-14-6-5-11-21(12-14)19(23)17-9-10-18(24-2)16-8-4-3-7-15(16)17/h3-4,7-10,14H,5-6,11-12H2,1-2H3,(H,20,22). The van der Waals surface area contributed by atoms with Gasteiger partial charge in [0.05, 0.1) is 7.11 Å². The zero-order valence-corrected chi connectivity index (χ0v) is 14.0. The van der Waals surface area contributed by atoms with Gasteiger partial charge in [0.2, 0.25) is 5.91 Å². The van der Waals surface area contributed by atoms with E-state index in [4.69, 9.17) is 4.74 Å². The summed E-state index contributed by atoms with van der Waals surface area (Å²) in [4.78, 5) is 26.1. The van der Waals surface area contributed by atoms with Crippen LogP contribution in [0.1, 0.15) is 30.1 Å². The smallest absolute Gasteiger partial charge is 0.254 e. The number of hydrogen-bond donors (Lipinski definition) is 1. The summed E-state index contributed by atoms with van der Waals surface area (Å²) in [6.45, 7) is 2.78. The minimum Gasteiger partial charge on any atom is -0.496 e. The molecule has 1 fully saturated rings. The fourth-order valence-electron chi connectivity index (χ4n) is 3.37. The third kappa shape index (κ3) is 3.20. The highest BCUT2D eigenvalue weighted by molar-refractivity contribution is 6.08. The largest absolute Gasteiger partial charge is 0.496 e. The Morgan fingerprint density at radius 3 is 2.62 bits per heavy atom. The molecule has 0 aromatic heterocycles. The van der Waals surface area contributed by atoms with Gasteiger partial charge < -0.3 is 15.0 Å². The number of rotatable bonds is 3.